The molecule has 1 aromatic heterocycles. The molecule has 1 aliphatic carbocycles. The van der Waals surface area contributed by atoms with Gasteiger partial charge in [-0.05, 0) is 56.7 Å². The van der Waals surface area contributed by atoms with Crippen molar-refractivity contribution >= 4 is 5.69 Å². The maximum Gasteiger partial charge on any atom is 0.130 e. The molecule has 2 aliphatic rings. The maximum atomic E-state index is 4.84. The Bertz CT molecular complexity index is 713. The van der Waals surface area contributed by atoms with E-state index in [-0.39, 0.29) is 0 Å². The first-order valence-corrected chi connectivity index (χ1v) is 9.68. The van der Waals surface area contributed by atoms with Gasteiger partial charge in [-0.25, -0.2) is 9.97 Å². The number of anilines is 1. The molecule has 1 N–H and O–H groups in total. The Morgan fingerprint density at radius 2 is 1.96 bits per heavy atom. The number of aryl methyl sites for hydroxylation is 2. The first-order chi connectivity index (χ1) is 12.3. The number of hydrogen-bond donors (Lipinski definition) is 1. The van der Waals surface area contributed by atoms with Gasteiger partial charge in [-0.15, -0.1) is 0 Å². The van der Waals surface area contributed by atoms with Crippen LogP contribution in [0.2, 0.25) is 0 Å². The van der Waals surface area contributed by atoms with Crippen LogP contribution in [0, 0.1) is 6.92 Å². The normalized spacial score (nSPS) is 19.9. The fourth-order valence-electron chi connectivity index (χ4n) is 4.14. The molecule has 25 heavy (non-hydrogen) atoms. The van der Waals surface area contributed by atoms with Crippen LogP contribution >= 0.6 is 0 Å². The Morgan fingerprint density at radius 1 is 1.12 bits per heavy atom. The summed E-state index contributed by atoms with van der Waals surface area (Å²) >= 11 is 0. The molecule has 1 aromatic carbocycles. The molecule has 1 fully saturated rings. The van der Waals surface area contributed by atoms with Crippen molar-refractivity contribution in [3.63, 3.8) is 0 Å². The Morgan fingerprint density at radius 3 is 2.84 bits per heavy atom. The monoisotopic (exact) mass is 336 g/mol. The lowest BCUT2D eigenvalue weighted by Gasteiger charge is -2.19. The predicted octanol–water partition coefficient (Wildman–Crippen LogP) is 3.07. The molecule has 0 saturated carbocycles. The quantitative estimate of drug-likeness (QED) is 0.911. The Hall–Kier alpha value is -1.94. The minimum Gasteiger partial charge on any atom is -0.370 e. The van der Waals surface area contributed by atoms with Crippen molar-refractivity contribution in [1.82, 2.24) is 15.3 Å². The van der Waals surface area contributed by atoms with Crippen LogP contribution in [-0.2, 0) is 19.3 Å². The van der Waals surface area contributed by atoms with E-state index in [1.165, 1.54) is 41.9 Å². The lowest BCUT2D eigenvalue weighted by Crippen LogP contribution is -2.34. The first kappa shape index (κ1) is 16.5. The highest BCUT2D eigenvalue weighted by Gasteiger charge is 2.22. The average molecular weight is 336 g/mol. The van der Waals surface area contributed by atoms with Gasteiger partial charge >= 0.3 is 0 Å². The third-order valence-corrected chi connectivity index (χ3v) is 5.53. The third-order valence-electron chi connectivity index (χ3n) is 5.53. The number of nitrogens with one attached hydrogen (secondary N) is 1. The Kier molecular flexibility index (Phi) is 4.97. The summed E-state index contributed by atoms with van der Waals surface area (Å²) in [6.45, 7) is 5.34. The minimum absolute atomic E-state index is 0.568. The molecule has 4 rings (SSSR count). The van der Waals surface area contributed by atoms with Crippen molar-refractivity contribution < 1.29 is 0 Å². The van der Waals surface area contributed by atoms with E-state index in [0.29, 0.717) is 6.04 Å². The second kappa shape index (κ2) is 7.52. The summed E-state index contributed by atoms with van der Waals surface area (Å²) in [5.74, 6) is 1.02. The van der Waals surface area contributed by atoms with Crippen LogP contribution in [-0.4, -0.2) is 35.6 Å². The van der Waals surface area contributed by atoms with Gasteiger partial charge < -0.3 is 10.2 Å². The van der Waals surface area contributed by atoms with Crippen molar-refractivity contribution in [1.29, 1.82) is 0 Å². The third kappa shape index (κ3) is 3.84. The van der Waals surface area contributed by atoms with E-state index >= 15 is 0 Å². The van der Waals surface area contributed by atoms with E-state index in [1.807, 2.05) is 0 Å². The van der Waals surface area contributed by atoms with Gasteiger partial charge in [0.15, 0.2) is 0 Å². The van der Waals surface area contributed by atoms with E-state index in [9.17, 15) is 0 Å². The van der Waals surface area contributed by atoms with Gasteiger partial charge in [-0.3, -0.25) is 0 Å². The van der Waals surface area contributed by atoms with Crippen LogP contribution in [0.25, 0.3) is 0 Å². The number of fused-ring (bicyclic) bond motifs is 1. The Labute approximate surface area is 150 Å². The average Bonchev–Trinajstić information content (AvgIpc) is 3.12. The zero-order valence-corrected chi connectivity index (χ0v) is 15.2. The molecule has 0 amide bonds. The molecular weight excluding hydrogens is 308 g/mol. The van der Waals surface area contributed by atoms with Gasteiger partial charge in [-0.1, -0.05) is 18.2 Å². The largest absolute Gasteiger partial charge is 0.370 e. The summed E-state index contributed by atoms with van der Waals surface area (Å²) in [5.41, 5.74) is 5.26. The van der Waals surface area contributed by atoms with E-state index in [1.54, 1.807) is 0 Å². The van der Waals surface area contributed by atoms with Gasteiger partial charge in [0.2, 0.25) is 0 Å². The standard InChI is InChI=1S/C21H28N4/c1-16-19-9-5-6-10-20(19)24-21(23-16)11-13-22-17-12-14-25(15-17)18-7-3-2-4-8-18/h2-4,7-8,17,22H,5-6,9-15H2,1H3. The van der Waals surface area contributed by atoms with E-state index in [2.05, 4.69) is 47.5 Å². The summed E-state index contributed by atoms with van der Waals surface area (Å²) in [6.07, 6.45) is 7.00. The molecular formula is C21H28N4. The fourth-order valence-corrected chi connectivity index (χ4v) is 4.14. The molecule has 1 unspecified atom stereocenters. The zero-order valence-electron chi connectivity index (χ0n) is 15.2. The highest BCUT2D eigenvalue weighted by molar-refractivity contribution is 5.47. The molecule has 0 spiro atoms. The second-order valence-electron chi connectivity index (χ2n) is 7.33. The highest BCUT2D eigenvalue weighted by atomic mass is 15.2. The Balaban J connectivity index is 1.29. The smallest absolute Gasteiger partial charge is 0.130 e. The van der Waals surface area contributed by atoms with Gasteiger partial charge in [0.05, 0.1) is 0 Å². The highest BCUT2D eigenvalue weighted by Crippen LogP contribution is 2.22. The summed E-state index contributed by atoms with van der Waals surface area (Å²) < 4.78 is 0. The van der Waals surface area contributed by atoms with Crippen LogP contribution in [0.1, 0.15) is 42.0 Å². The van der Waals surface area contributed by atoms with Crippen LogP contribution in [0.4, 0.5) is 5.69 Å². The lowest BCUT2D eigenvalue weighted by atomic mass is 9.95. The van der Waals surface area contributed by atoms with Crippen LogP contribution in [0.3, 0.4) is 0 Å². The molecule has 0 radical (unpaired) electrons. The number of nitrogens with zero attached hydrogens (tertiary/aromatic N) is 3. The molecule has 0 bridgehead atoms. The van der Waals surface area contributed by atoms with Gasteiger partial charge in [0.25, 0.3) is 0 Å². The summed E-state index contributed by atoms with van der Waals surface area (Å²) in [6, 6.07) is 11.3. The molecule has 2 heterocycles. The molecule has 4 nitrogen and oxygen atoms in total. The van der Waals surface area contributed by atoms with Gasteiger partial charge in [0.1, 0.15) is 5.82 Å². The van der Waals surface area contributed by atoms with Crippen molar-refractivity contribution in [2.75, 3.05) is 24.5 Å². The first-order valence-electron chi connectivity index (χ1n) is 9.68. The summed E-state index contributed by atoms with van der Waals surface area (Å²) in [5, 5.41) is 3.71. The summed E-state index contributed by atoms with van der Waals surface area (Å²) in [7, 11) is 0. The second-order valence-corrected chi connectivity index (χ2v) is 7.33. The predicted molar refractivity (Wildman–Crippen MR) is 102 cm³/mol. The van der Waals surface area contributed by atoms with E-state index in [4.69, 9.17) is 9.97 Å². The molecule has 2 aromatic rings. The van der Waals surface area contributed by atoms with Crippen molar-refractivity contribution in [3.8, 4) is 0 Å². The zero-order chi connectivity index (χ0) is 17.1. The number of rotatable bonds is 5. The van der Waals surface area contributed by atoms with E-state index in [0.717, 1.165) is 44.7 Å². The molecule has 1 aliphatic heterocycles. The van der Waals surface area contributed by atoms with Crippen molar-refractivity contribution in [2.45, 2.75) is 51.5 Å². The number of benzene rings is 1. The molecule has 4 heteroatoms. The lowest BCUT2D eigenvalue weighted by molar-refractivity contribution is 0.546. The molecule has 1 atom stereocenters. The maximum absolute atomic E-state index is 4.84. The van der Waals surface area contributed by atoms with Gasteiger partial charge in [-0.2, -0.15) is 0 Å². The SMILES string of the molecule is Cc1nc(CCNC2CCN(c3ccccc3)C2)nc2c1CCCC2. The van der Waals surface area contributed by atoms with Crippen LogP contribution in [0.15, 0.2) is 30.3 Å². The summed E-state index contributed by atoms with van der Waals surface area (Å²) in [4.78, 5) is 12.1. The van der Waals surface area contributed by atoms with Crippen LogP contribution < -0.4 is 10.2 Å². The number of aromatic nitrogens is 2. The molecule has 1 saturated heterocycles. The minimum atomic E-state index is 0.568. The topological polar surface area (TPSA) is 41.1 Å². The van der Waals surface area contributed by atoms with Crippen molar-refractivity contribution in [3.05, 3.63) is 53.1 Å². The van der Waals surface area contributed by atoms with Gasteiger partial charge in [0, 0.05) is 49.2 Å². The molecule has 132 valence electrons. The fraction of sp³-hybridized carbons (Fsp3) is 0.524. The van der Waals surface area contributed by atoms with E-state index < -0.39 is 0 Å². The number of hydrogen-bond acceptors (Lipinski definition) is 4. The number of para-hydroxylation sites is 1. The van der Waals surface area contributed by atoms with Crippen molar-refractivity contribution in [2.24, 2.45) is 0 Å². The van der Waals surface area contributed by atoms with Crippen LogP contribution in [0.5, 0.6) is 0 Å².